The predicted octanol–water partition coefficient (Wildman–Crippen LogP) is 1.94. The van der Waals surface area contributed by atoms with Gasteiger partial charge in [0.25, 0.3) is 0 Å². The van der Waals surface area contributed by atoms with Gasteiger partial charge in [-0.25, -0.2) is 22.9 Å². The number of hydrogen-bond donors (Lipinski definition) is 2. The predicted molar refractivity (Wildman–Crippen MR) is 76.8 cm³/mol. The zero-order valence-electron chi connectivity index (χ0n) is 10.5. The lowest BCUT2D eigenvalue weighted by Gasteiger charge is -2.01. The van der Waals surface area contributed by atoms with Crippen molar-refractivity contribution in [1.29, 1.82) is 0 Å². The molecule has 0 saturated carbocycles. The van der Waals surface area contributed by atoms with Gasteiger partial charge < -0.3 is 5.11 Å². The van der Waals surface area contributed by atoms with E-state index in [0.717, 1.165) is 28.7 Å². The standard InChI is InChI=1S/C11H12N2O4S3/c1-2-8-4-12-9(19-8)5-13-20(16,17)10-3-7(6-18-10)11(14)15/h3-4,6,13H,2,5H2,1H3,(H,14,15). The number of thiophene rings is 1. The Bertz CT molecular complexity index is 718. The summed E-state index contributed by atoms with van der Waals surface area (Å²) in [6.45, 7) is 2.11. The van der Waals surface area contributed by atoms with Gasteiger partial charge in [0.1, 0.15) is 9.22 Å². The van der Waals surface area contributed by atoms with Gasteiger partial charge in [-0.2, -0.15) is 0 Å². The summed E-state index contributed by atoms with van der Waals surface area (Å²) in [5, 5.41) is 10.8. The Morgan fingerprint density at radius 3 is 2.80 bits per heavy atom. The van der Waals surface area contributed by atoms with Crippen LogP contribution in [0.3, 0.4) is 0 Å². The third-order valence-electron chi connectivity index (χ3n) is 2.45. The van der Waals surface area contributed by atoms with Crippen LogP contribution < -0.4 is 4.72 Å². The molecule has 108 valence electrons. The molecule has 2 aromatic rings. The van der Waals surface area contributed by atoms with Crippen LogP contribution in [0.4, 0.5) is 0 Å². The van der Waals surface area contributed by atoms with Crippen LogP contribution in [0.5, 0.6) is 0 Å². The van der Waals surface area contributed by atoms with E-state index >= 15 is 0 Å². The van der Waals surface area contributed by atoms with E-state index in [4.69, 9.17) is 5.11 Å². The minimum absolute atomic E-state index is 0.0119. The number of nitrogens with one attached hydrogen (secondary N) is 1. The van der Waals surface area contributed by atoms with Crippen LogP contribution in [-0.2, 0) is 23.0 Å². The topological polar surface area (TPSA) is 96.4 Å². The molecule has 0 unspecified atom stereocenters. The molecule has 0 fully saturated rings. The molecule has 2 aromatic heterocycles. The molecule has 0 spiro atoms. The maximum atomic E-state index is 12.0. The Morgan fingerprint density at radius 1 is 1.50 bits per heavy atom. The molecule has 9 heteroatoms. The van der Waals surface area contributed by atoms with Gasteiger partial charge in [0.05, 0.1) is 12.1 Å². The first-order chi connectivity index (χ1) is 9.42. The summed E-state index contributed by atoms with van der Waals surface area (Å²) < 4.78 is 26.4. The van der Waals surface area contributed by atoms with Crippen LogP contribution >= 0.6 is 22.7 Å². The van der Waals surface area contributed by atoms with Crippen LogP contribution in [0.1, 0.15) is 27.2 Å². The Balaban J connectivity index is 2.08. The number of aryl methyl sites for hydroxylation is 1. The van der Waals surface area contributed by atoms with Crippen molar-refractivity contribution in [3.05, 3.63) is 33.1 Å². The zero-order chi connectivity index (χ0) is 14.8. The van der Waals surface area contributed by atoms with Gasteiger partial charge in [0, 0.05) is 16.5 Å². The Morgan fingerprint density at radius 2 is 2.25 bits per heavy atom. The summed E-state index contributed by atoms with van der Waals surface area (Å²) >= 11 is 2.33. The maximum Gasteiger partial charge on any atom is 0.336 e. The SMILES string of the molecule is CCc1cnc(CNS(=O)(=O)c2cc(C(=O)O)cs2)s1. The zero-order valence-corrected chi connectivity index (χ0v) is 12.9. The van der Waals surface area contributed by atoms with E-state index < -0.39 is 16.0 Å². The minimum atomic E-state index is -3.70. The van der Waals surface area contributed by atoms with Crippen LogP contribution in [0.2, 0.25) is 0 Å². The van der Waals surface area contributed by atoms with Crippen molar-refractivity contribution in [3.8, 4) is 0 Å². The van der Waals surface area contributed by atoms with Gasteiger partial charge in [0.2, 0.25) is 10.0 Å². The van der Waals surface area contributed by atoms with Gasteiger partial charge in [-0.15, -0.1) is 22.7 Å². The number of rotatable bonds is 6. The fourth-order valence-corrected chi connectivity index (χ4v) is 4.47. The fraction of sp³-hybridized carbons (Fsp3) is 0.273. The van der Waals surface area contributed by atoms with E-state index in [1.807, 2.05) is 6.92 Å². The average Bonchev–Trinajstić information content (AvgIpc) is 3.05. The number of hydrogen-bond acceptors (Lipinski definition) is 6. The second-order valence-corrected chi connectivity index (χ2v) is 7.96. The number of nitrogens with zero attached hydrogens (tertiary/aromatic N) is 1. The van der Waals surface area contributed by atoms with E-state index in [9.17, 15) is 13.2 Å². The van der Waals surface area contributed by atoms with Crippen molar-refractivity contribution in [3.63, 3.8) is 0 Å². The number of carboxylic acid groups (broad SMARTS) is 1. The smallest absolute Gasteiger partial charge is 0.336 e. The summed E-state index contributed by atoms with van der Waals surface area (Å²) in [7, 11) is -3.70. The van der Waals surface area contributed by atoms with Gasteiger partial charge in [0.15, 0.2) is 0 Å². The molecule has 0 aromatic carbocycles. The second-order valence-electron chi connectivity index (χ2n) is 3.86. The summed E-state index contributed by atoms with van der Waals surface area (Å²) in [4.78, 5) is 15.9. The molecule has 0 aliphatic carbocycles. The first-order valence-electron chi connectivity index (χ1n) is 5.67. The van der Waals surface area contributed by atoms with E-state index in [1.54, 1.807) is 6.20 Å². The highest BCUT2D eigenvalue weighted by Gasteiger charge is 2.19. The molecule has 2 heterocycles. The summed E-state index contributed by atoms with van der Waals surface area (Å²) in [5.74, 6) is -1.14. The average molecular weight is 332 g/mol. The Labute approximate surface area is 124 Å². The van der Waals surface area contributed by atoms with Gasteiger partial charge in [-0.1, -0.05) is 6.92 Å². The highest BCUT2D eigenvalue weighted by Crippen LogP contribution is 2.21. The molecule has 2 N–H and O–H groups in total. The van der Waals surface area contributed by atoms with Crippen molar-refractivity contribution in [2.24, 2.45) is 0 Å². The summed E-state index contributed by atoms with van der Waals surface area (Å²) in [6.07, 6.45) is 2.58. The molecule has 0 aliphatic rings. The van der Waals surface area contributed by atoms with Gasteiger partial charge >= 0.3 is 5.97 Å². The molecule has 0 bridgehead atoms. The number of thiazole rings is 1. The van der Waals surface area contributed by atoms with E-state index in [0.29, 0.717) is 5.01 Å². The van der Waals surface area contributed by atoms with Gasteiger partial charge in [-0.05, 0) is 12.5 Å². The molecule has 6 nitrogen and oxygen atoms in total. The van der Waals surface area contributed by atoms with E-state index in [-0.39, 0.29) is 16.3 Å². The Kier molecular flexibility index (Phi) is 4.53. The molecular formula is C11H12N2O4S3. The molecule has 0 radical (unpaired) electrons. The number of aromatic carboxylic acids is 1. The molecule has 0 aliphatic heterocycles. The van der Waals surface area contributed by atoms with Crippen LogP contribution in [0.25, 0.3) is 0 Å². The Hall–Kier alpha value is -1.29. The quantitative estimate of drug-likeness (QED) is 0.843. The maximum absolute atomic E-state index is 12.0. The number of aromatic nitrogens is 1. The highest BCUT2D eigenvalue weighted by atomic mass is 32.2. The lowest BCUT2D eigenvalue weighted by atomic mass is 10.4. The highest BCUT2D eigenvalue weighted by molar-refractivity contribution is 7.91. The number of sulfonamides is 1. The third-order valence-corrected chi connectivity index (χ3v) is 6.43. The monoisotopic (exact) mass is 332 g/mol. The first-order valence-corrected chi connectivity index (χ1v) is 8.85. The normalized spacial score (nSPS) is 11.7. The van der Waals surface area contributed by atoms with Crippen molar-refractivity contribution in [1.82, 2.24) is 9.71 Å². The van der Waals surface area contributed by atoms with E-state index in [1.165, 1.54) is 16.7 Å². The van der Waals surface area contributed by atoms with Crippen molar-refractivity contribution in [2.75, 3.05) is 0 Å². The minimum Gasteiger partial charge on any atom is -0.478 e. The second kappa shape index (κ2) is 6.00. The third kappa shape index (κ3) is 3.42. The summed E-state index contributed by atoms with van der Waals surface area (Å²) in [5.41, 5.74) is -0.0297. The van der Waals surface area contributed by atoms with Gasteiger partial charge in [-0.3, -0.25) is 0 Å². The van der Waals surface area contributed by atoms with Crippen LogP contribution in [-0.4, -0.2) is 24.5 Å². The molecule has 0 saturated heterocycles. The largest absolute Gasteiger partial charge is 0.478 e. The number of carbonyl (C=O) groups is 1. The molecule has 20 heavy (non-hydrogen) atoms. The van der Waals surface area contributed by atoms with E-state index in [2.05, 4.69) is 9.71 Å². The lowest BCUT2D eigenvalue weighted by Crippen LogP contribution is -2.22. The van der Waals surface area contributed by atoms with Crippen molar-refractivity contribution in [2.45, 2.75) is 24.1 Å². The lowest BCUT2D eigenvalue weighted by molar-refractivity contribution is 0.0697. The van der Waals surface area contributed by atoms with Crippen molar-refractivity contribution < 1.29 is 18.3 Å². The number of carboxylic acids is 1. The molecule has 0 amide bonds. The van der Waals surface area contributed by atoms with Crippen LogP contribution in [0, 0.1) is 0 Å². The molecule has 2 rings (SSSR count). The molecule has 0 atom stereocenters. The molecular weight excluding hydrogens is 320 g/mol. The fourth-order valence-electron chi connectivity index (χ4n) is 1.39. The van der Waals surface area contributed by atoms with Crippen molar-refractivity contribution >= 4 is 38.7 Å². The first kappa shape index (κ1) is 15.1. The summed E-state index contributed by atoms with van der Waals surface area (Å²) in [6, 6.07) is 1.15. The van der Waals surface area contributed by atoms with Crippen LogP contribution in [0.15, 0.2) is 21.9 Å².